The van der Waals surface area contributed by atoms with Crippen LogP contribution in [0.15, 0.2) is 36.7 Å². The van der Waals surface area contributed by atoms with Crippen LogP contribution in [0.3, 0.4) is 0 Å². The van der Waals surface area contributed by atoms with E-state index in [0.29, 0.717) is 5.56 Å². The standard InChI is InChI=1S/C14H14F2N2/c1-9-5-6-17-8-14(9)18-10(2)12-4-3-11(15)7-13(12)16/h3-8,10,18H,1-2H3. The molecular weight excluding hydrogens is 234 g/mol. The third-order valence-electron chi connectivity index (χ3n) is 2.84. The summed E-state index contributed by atoms with van der Waals surface area (Å²) in [6.07, 6.45) is 3.39. The predicted octanol–water partition coefficient (Wildman–Crippen LogP) is 3.84. The Kier molecular flexibility index (Phi) is 3.55. The van der Waals surface area contributed by atoms with E-state index in [2.05, 4.69) is 10.3 Å². The van der Waals surface area contributed by atoms with Crippen molar-refractivity contribution >= 4 is 5.69 Å². The first-order valence-electron chi connectivity index (χ1n) is 5.70. The lowest BCUT2D eigenvalue weighted by Gasteiger charge is -2.17. The molecule has 0 aliphatic rings. The van der Waals surface area contributed by atoms with Crippen molar-refractivity contribution in [3.8, 4) is 0 Å². The van der Waals surface area contributed by atoms with E-state index in [0.717, 1.165) is 17.3 Å². The first-order chi connectivity index (χ1) is 8.58. The van der Waals surface area contributed by atoms with E-state index in [-0.39, 0.29) is 6.04 Å². The molecule has 0 saturated heterocycles. The maximum absolute atomic E-state index is 13.6. The highest BCUT2D eigenvalue weighted by Crippen LogP contribution is 2.23. The molecule has 0 amide bonds. The van der Waals surface area contributed by atoms with Gasteiger partial charge in [0.2, 0.25) is 0 Å². The van der Waals surface area contributed by atoms with Gasteiger partial charge in [-0.1, -0.05) is 6.07 Å². The van der Waals surface area contributed by atoms with Crippen LogP contribution in [0.1, 0.15) is 24.1 Å². The molecule has 2 rings (SSSR count). The molecule has 2 aromatic rings. The summed E-state index contributed by atoms with van der Waals surface area (Å²) in [5.41, 5.74) is 2.30. The number of hydrogen-bond donors (Lipinski definition) is 1. The van der Waals surface area contributed by atoms with Gasteiger partial charge in [-0.3, -0.25) is 4.98 Å². The minimum Gasteiger partial charge on any atom is -0.377 e. The molecular formula is C14H14F2N2. The zero-order valence-electron chi connectivity index (χ0n) is 10.2. The van der Waals surface area contributed by atoms with E-state index < -0.39 is 11.6 Å². The van der Waals surface area contributed by atoms with E-state index in [1.54, 1.807) is 12.4 Å². The van der Waals surface area contributed by atoms with Crippen molar-refractivity contribution < 1.29 is 8.78 Å². The fourth-order valence-electron chi connectivity index (χ4n) is 1.78. The molecule has 4 heteroatoms. The quantitative estimate of drug-likeness (QED) is 0.892. The minimum absolute atomic E-state index is 0.256. The Bertz CT molecular complexity index is 555. The van der Waals surface area contributed by atoms with Crippen LogP contribution in [0, 0.1) is 18.6 Å². The van der Waals surface area contributed by atoms with Gasteiger partial charge in [-0.05, 0) is 31.5 Å². The fraction of sp³-hybridized carbons (Fsp3) is 0.214. The smallest absolute Gasteiger partial charge is 0.131 e. The molecule has 0 bridgehead atoms. The van der Waals surface area contributed by atoms with Crippen molar-refractivity contribution in [1.29, 1.82) is 0 Å². The second kappa shape index (κ2) is 5.12. The first-order valence-corrected chi connectivity index (χ1v) is 5.70. The molecule has 2 nitrogen and oxygen atoms in total. The number of nitrogens with zero attached hydrogens (tertiary/aromatic N) is 1. The van der Waals surface area contributed by atoms with Gasteiger partial charge in [0.15, 0.2) is 0 Å². The molecule has 0 spiro atoms. The Morgan fingerprint density at radius 1 is 1.22 bits per heavy atom. The highest BCUT2D eigenvalue weighted by molar-refractivity contribution is 5.49. The first kappa shape index (κ1) is 12.5. The maximum Gasteiger partial charge on any atom is 0.131 e. The monoisotopic (exact) mass is 248 g/mol. The molecule has 0 aliphatic heterocycles. The van der Waals surface area contributed by atoms with E-state index in [1.165, 1.54) is 12.1 Å². The maximum atomic E-state index is 13.6. The Morgan fingerprint density at radius 2 is 2.00 bits per heavy atom. The fourth-order valence-corrected chi connectivity index (χ4v) is 1.78. The Morgan fingerprint density at radius 3 is 2.67 bits per heavy atom. The van der Waals surface area contributed by atoms with Crippen LogP contribution in [0.2, 0.25) is 0 Å². The minimum atomic E-state index is -0.569. The second-order valence-corrected chi connectivity index (χ2v) is 4.22. The van der Waals surface area contributed by atoms with E-state index in [9.17, 15) is 8.78 Å². The predicted molar refractivity (Wildman–Crippen MR) is 67.4 cm³/mol. The molecule has 1 atom stereocenters. The summed E-state index contributed by atoms with van der Waals surface area (Å²) < 4.78 is 26.4. The van der Waals surface area contributed by atoms with Gasteiger partial charge in [0.25, 0.3) is 0 Å². The number of rotatable bonds is 3. The van der Waals surface area contributed by atoms with Crippen molar-refractivity contribution in [2.45, 2.75) is 19.9 Å². The number of aromatic nitrogens is 1. The molecule has 1 N–H and O–H groups in total. The van der Waals surface area contributed by atoms with Gasteiger partial charge in [0, 0.05) is 17.8 Å². The lowest BCUT2D eigenvalue weighted by Crippen LogP contribution is -2.10. The van der Waals surface area contributed by atoms with E-state index >= 15 is 0 Å². The zero-order valence-corrected chi connectivity index (χ0v) is 10.2. The average Bonchev–Trinajstić information content (AvgIpc) is 2.32. The molecule has 18 heavy (non-hydrogen) atoms. The number of benzene rings is 1. The SMILES string of the molecule is Cc1ccncc1NC(C)c1ccc(F)cc1F. The van der Waals surface area contributed by atoms with Gasteiger partial charge in [-0.2, -0.15) is 0 Å². The van der Waals surface area contributed by atoms with E-state index in [4.69, 9.17) is 0 Å². The number of anilines is 1. The van der Waals surface area contributed by atoms with Crippen LogP contribution in [0.5, 0.6) is 0 Å². The lowest BCUT2D eigenvalue weighted by molar-refractivity contribution is 0.566. The molecule has 1 unspecified atom stereocenters. The Hall–Kier alpha value is -1.97. The molecule has 94 valence electrons. The normalized spacial score (nSPS) is 12.2. The van der Waals surface area contributed by atoms with Crippen molar-refractivity contribution in [2.75, 3.05) is 5.32 Å². The molecule has 0 radical (unpaired) electrons. The molecule has 1 aromatic carbocycles. The topological polar surface area (TPSA) is 24.9 Å². The second-order valence-electron chi connectivity index (χ2n) is 4.22. The van der Waals surface area contributed by atoms with Crippen molar-refractivity contribution in [3.63, 3.8) is 0 Å². The van der Waals surface area contributed by atoms with Gasteiger partial charge in [0.05, 0.1) is 17.9 Å². The average molecular weight is 248 g/mol. The van der Waals surface area contributed by atoms with E-state index in [1.807, 2.05) is 19.9 Å². The van der Waals surface area contributed by atoms with Crippen molar-refractivity contribution in [3.05, 3.63) is 59.4 Å². The van der Waals surface area contributed by atoms with Gasteiger partial charge >= 0.3 is 0 Å². The molecule has 0 fully saturated rings. The van der Waals surface area contributed by atoms with Crippen LogP contribution in [-0.2, 0) is 0 Å². The Labute approximate surface area is 105 Å². The van der Waals surface area contributed by atoms with Crippen LogP contribution >= 0.6 is 0 Å². The third-order valence-corrected chi connectivity index (χ3v) is 2.84. The molecule has 0 aliphatic carbocycles. The van der Waals surface area contributed by atoms with Crippen LogP contribution < -0.4 is 5.32 Å². The number of pyridine rings is 1. The summed E-state index contributed by atoms with van der Waals surface area (Å²) in [4.78, 5) is 4.01. The van der Waals surface area contributed by atoms with Crippen molar-refractivity contribution in [2.24, 2.45) is 0 Å². The van der Waals surface area contributed by atoms with Gasteiger partial charge in [0.1, 0.15) is 11.6 Å². The zero-order chi connectivity index (χ0) is 13.1. The van der Waals surface area contributed by atoms with Gasteiger partial charge in [-0.25, -0.2) is 8.78 Å². The largest absolute Gasteiger partial charge is 0.377 e. The third kappa shape index (κ3) is 2.64. The summed E-state index contributed by atoms with van der Waals surface area (Å²) in [5.74, 6) is -1.11. The van der Waals surface area contributed by atoms with Crippen molar-refractivity contribution in [1.82, 2.24) is 4.98 Å². The van der Waals surface area contributed by atoms with Crippen LogP contribution in [0.4, 0.5) is 14.5 Å². The number of nitrogens with one attached hydrogen (secondary N) is 1. The molecule has 1 aromatic heterocycles. The summed E-state index contributed by atoms with van der Waals surface area (Å²) in [6, 6.07) is 5.22. The summed E-state index contributed by atoms with van der Waals surface area (Å²) in [5, 5.41) is 3.16. The number of hydrogen-bond acceptors (Lipinski definition) is 2. The summed E-state index contributed by atoms with van der Waals surface area (Å²) in [7, 11) is 0. The lowest BCUT2D eigenvalue weighted by atomic mass is 10.1. The molecule has 0 saturated carbocycles. The highest BCUT2D eigenvalue weighted by Gasteiger charge is 2.12. The number of halogens is 2. The van der Waals surface area contributed by atoms with Gasteiger partial charge in [-0.15, -0.1) is 0 Å². The van der Waals surface area contributed by atoms with Crippen LogP contribution in [-0.4, -0.2) is 4.98 Å². The molecule has 1 heterocycles. The van der Waals surface area contributed by atoms with Crippen LogP contribution in [0.25, 0.3) is 0 Å². The highest BCUT2D eigenvalue weighted by atomic mass is 19.1. The van der Waals surface area contributed by atoms with Gasteiger partial charge < -0.3 is 5.32 Å². The summed E-state index contributed by atoms with van der Waals surface area (Å²) in [6.45, 7) is 3.76. The number of aryl methyl sites for hydroxylation is 1. The summed E-state index contributed by atoms with van der Waals surface area (Å²) >= 11 is 0. The Balaban J connectivity index is 2.22.